The Morgan fingerprint density at radius 1 is 1.17 bits per heavy atom. The Labute approximate surface area is 116 Å². The van der Waals surface area contributed by atoms with Gasteiger partial charge in [-0.15, -0.1) is 0 Å². The second-order valence-electron chi connectivity index (χ2n) is 3.20. The van der Waals surface area contributed by atoms with Gasteiger partial charge in [-0.3, -0.25) is 4.79 Å². The molecule has 0 atom stereocenters. The van der Waals surface area contributed by atoms with Crippen molar-refractivity contribution in [3.63, 3.8) is 0 Å². The zero-order valence-electron chi connectivity index (χ0n) is 8.58. The standard InChI is InChI=1S/C9H5Cl3N4O2/c10-3-1-5(12)6(2-4(3)11)14-9(17)7-8(13)16-18-15-7/h1-2H,(H2,13,16)(H,14,17). The van der Waals surface area contributed by atoms with E-state index in [0.29, 0.717) is 0 Å². The maximum atomic E-state index is 11.8. The van der Waals surface area contributed by atoms with Gasteiger partial charge in [0.05, 0.1) is 20.8 Å². The molecule has 0 spiro atoms. The van der Waals surface area contributed by atoms with Crippen molar-refractivity contribution in [3.8, 4) is 0 Å². The maximum absolute atomic E-state index is 11.8. The largest absolute Gasteiger partial charge is 0.379 e. The van der Waals surface area contributed by atoms with Crippen LogP contribution in [0.3, 0.4) is 0 Å². The zero-order chi connectivity index (χ0) is 13.3. The van der Waals surface area contributed by atoms with Gasteiger partial charge in [0.1, 0.15) is 0 Å². The molecule has 1 amide bonds. The Hall–Kier alpha value is -1.50. The summed E-state index contributed by atoms with van der Waals surface area (Å²) in [5, 5.41) is 9.87. The number of anilines is 2. The summed E-state index contributed by atoms with van der Waals surface area (Å²) in [4.78, 5) is 11.8. The highest BCUT2D eigenvalue weighted by Gasteiger charge is 2.17. The molecular formula is C9H5Cl3N4O2. The minimum absolute atomic E-state index is 0.122. The number of nitrogens with zero attached hydrogens (tertiary/aromatic N) is 2. The van der Waals surface area contributed by atoms with E-state index in [1.54, 1.807) is 0 Å². The van der Waals surface area contributed by atoms with Gasteiger partial charge in [0.25, 0.3) is 5.91 Å². The second kappa shape index (κ2) is 5.01. The molecule has 0 bridgehead atoms. The van der Waals surface area contributed by atoms with Crippen molar-refractivity contribution in [2.75, 3.05) is 11.1 Å². The molecule has 1 aromatic carbocycles. The molecule has 18 heavy (non-hydrogen) atoms. The summed E-state index contributed by atoms with van der Waals surface area (Å²) >= 11 is 17.5. The predicted molar refractivity (Wildman–Crippen MR) is 68.1 cm³/mol. The van der Waals surface area contributed by atoms with E-state index < -0.39 is 5.91 Å². The van der Waals surface area contributed by atoms with Crippen molar-refractivity contribution in [1.82, 2.24) is 10.3 Å². The summed E-state index contributed by atoms with van der Waals surface area (Å²) in [5.41, 5.74) is 5.51. The Bertz CT molecular complexity index is 614. The lowest BCUT2D eigenvalue weighted by atomic mass is 10.3. The van der Waals surface area contributed by atoms with Crippen molar-refractivity contribution < 1.29 is 9.42 Å². The van der Waals surface area contributed by atoms with Gasteiger partial charge in [-0.05, 0) is 22.4 Å². The Morgan fingerprint density at radius 2 is 1.83 bits per heavy atom. The van der Waals surface area contributed by atoms with Crippen LogP contribution in [0.1, 0.15) is 10.5 Å². The van der Waals surface area contributed by atoms with E-state index in [-0.39, 0.29) is 32.3 Å². The van der Waals surface area contributed by atoms with Crippen molar-refractivity contribution in [2.45, 2.75) is 0 Å². The molecule has 6 nitrogen and oxygen atoms in total. The van der Waals surface area contributed by atoms with Gasteiger partial charge in [0.15, 0.2) is 0 Å². The number of hydrogen-bond acceptors (Lipinski definition) is 5. The van der Waals surface area contributed by atoms with Gasteiger partial charge in [-0.25, -0.2) is 4.63 Å². The average Bonchev–Trinajstić information content (AvgIpc) is 2.72. The maximum Gasteiger partial charge on any atom is 0.281 e. The van der Waals surface area contributed by atoms with Gasteiger partial charge in [-0.1, -0.05) is 34.8 Å². The lowest BCUT2D eigenvalue weighted by Crippen LogP contribution is -2.14. The fourth-order valence-electron chi connectivity index (χ4n) is 1.15. The fraction of sp³-hybridized carbons (Fsp3) is 0. The van der Waals surface area contributed by atoms with Crippen molar-refractivity contribution in [2.24, 2.45) is 0 Å². The third-order valence-electron chi connectivity index (χ3n) is 1.99. The van der Waals surface area contributed by atoms with E-state index in [1.165, 1.54) is 12.1 Å². The van der Waals surface area contributed by atoms with Crippen LogP contribution in [0.25, 0.3) is 0 Å². The molecule has 3 N–H and O–H groups in total. The first-order valence-electron chi connectivity index (χ1n) is 4.53. The number of nitrogens with one attached hydrogen (secondary N) is 1. The summed E-state index contributed by atoms with van der Waals surface area (Å²) in [6, 6.07) is 2.82. The van der Waals surface area contributed by atoms with Gasteiger partial charge in [0, 0.05) is 0 Å². The van der Waals surface area contributed by atoms with Gasteiger partial charge in [-0.2, -0.15) is 0 Å². The molecule has 0 saturated carbocycles. The van der Waals surface area contributed by atoms with Crippen LogP contribution in [0.15, 0.2) is 16.8 Å². The Morgan fingerprint density at radius 3 is 2.44 bits per heavy atom. The molecule has 0 fully saturated rings. The van der Waals surface area contributed by atoms with Gasteiger partial charge >= 0.3 is 0 Å². The predicted octanol–water partition coefficient (Wildman–Crippen LogP) is 2.86. The Balaban J connectivity index is 2.28. The Kier molecular flexibility index (Phi) is 3.60. The minimum atomic E-state index is -0.617. The topological polar surface area (TPSA) is 94.0 Å². The van der Waals surface area contributed by atoms with Crippen LogP contribution >= 0.6 is 34.8 Å². The van der Waals surface area contributed by atoms with Crippen LogP contribution in [-0.4, -0.2) is 16.2 Å². The monoisotopic (exact) mass is 306 g/mol. The first kappa shape index (κ1) is 12.9. The number of nitrogens with two attached hydrogens (primary N) is 1. The first-order chi connectivity index (χ1) is 8.49. The quantitative estimate of drug-likeness (QED) is 0.832. The summed E-state index contributed by atoms with van der Waals surface area (Å²) in [6.07, 6.45) is 0. The summed E-state index contributed by atoms with van der Waals surface area (Å²) in [7, 11) is 0. The lowest BCUT2D eigenvalue weighted by Gasteiger charge is -2.07. The molecule has 1 aromatic heterocycles. The third kappa shape index (κ3) is 2.50. The molecule has 0 unspecified atom stereocenters. The number of carbonyl (C=O) groups is 1. The van der Waals surface area contributed by atoms with Gasteiger partial charge in [0.2, 0.25) is 11.5 Å². The molecule has 94 valence electrons. The van der Waals surface area contributed by atoms with Crippen LogP contribution < -0.4 is 11.1 Å². The molecular weight excluding hydrogens is 302 g/mol. The number of carbonyl (C=O) groups excluding carboxylic acids is 1. The summed E-state index contributed by atoms with van der Waals surface area (Å²) in [6.45, 7) is 0. The molecule has 2 rings (SSSR count). The van der Waals surface area contributed by atoms with Crippen molar-refractivity contribution in [1.29, 1.82) is 0 Å². The molecule has 0 aliphatic heterocycles. The average molecular weight is 308 g/mol. The molecule has 0 saturated heterocycles. The highest BCUT2D eigenvalue weighted by atomic mass is 35.5. The number of rotatable bonds is 2. The molecule has 1 heterocycles. The number of aromatic nitrogens is 2. The number of benzene rings is 1. The molecule has 9 heteroatoms. The van der Waals surface area contributed by atoms with E-state index in [2.05, 4.69) is 20.3 Å². The summed E-state index contributed by atoms with van der Waals surface area (Å²) in [5.74, 6) is -0.738. The normalized spacial score (nSPS) is 10.4. The van der Waals surface area contributed by atoms with Crippen LogP contribution in [0.2, 0.25) is 15.1 Å². The van der Waals surface area contributed by atoms with E-state index in [4.69, 9.17) is 40.5 Å². The second-order valence-corrected chi connectivity index (χ2v) is 4.42. The highest BCUT2D eigenvalue weighted by Crippen LogP contribution is 2.32. The highest BCUT2D eigenvalue weighted by molar-refractivity contribution is 6.44. The van der Waals surface area contributed by atoms with Gasteiger partial charge < -0.3 is 11.1 Å². The molecule has 0 radical (unpaired) electrons. The first-order valence-corrected chi connectivity index (χ1v) is 5.66. The number of amides is 1. The van der Waals surface area contributed by atoms with Crippen molar-refractivity contribution >= 4 is 52.2 Å². The number of hydrogen-bond donors (Lipinski definition) is 2. The zero-order valence-corrected chi connectivity index (χ0v) is 10.8. The van der Waals surface area contributed by atoms with Crippen LogP contribution in [0.5, 0.6) is 0 Å². The number of halogens is 3. The smallest absolute Gasteiger partial charge is 0.281 e. The van der Waals surface area contributed by atoms with E-state index in [0.717, 1.165) is 0 Å². The SMILES string of the molecule is Nc1nonc1C(=O)Nc1cc(Cl)c(Cl)cc1Cl. The van der Waals surface area contributed by atoms with E-state index in [1.807, 2.05) is 0 Å². The van der Waals surface area contributed by atoms with Crippen LogP contribution in [0, 0.1) is 0 Å². The molecule has 0 aliphatic carbocycles. The molecule has 2 aromatic rings. The molecule has 0 aliphatic rings. The van der Waals surface area contributed by atoms with E-state index in [9.17, 15) is 4.79 Å². The number of nitrogen functional groups attached to an aromatic ring is 1. The van der Waals surface area contributed by atoms with Crippen LogP contribution in [-0.2, 0) is 0 Å². The summed E-state index contributed by atoms with van der Waals surface area (Å²) < 4.78 is 4.31. The minimum Gasteiger partial charge on any atom is -0.379 e. The third-order valence-corrected chi connectivity index (χ3v) is 3.02. The lowest BCUT2D eigenvalue weighted by molar-refractivity contribution is 0.101. The van der Waals surface area contributed by atoms with Crippen LogP contribution in [0.4, 0.5) is 11.5 Å². The van der Waals surface area contributed by atoms with E-state index >= 15 is 0 Å². The van der Waals surface area contributed by atoms with Crippen molar-refractivity contribution in [3.05, 3.63) is 32.9 Å². The fourth-order valence-corrected chi connectivity index (χ4v) is 1.75.